The molecule has 1 nitrogen and oxygen atoms in total. The molecule has 28 heavy (non-hydrogen) atoms. The summed E-state index contributed by atoms with van der Waals surface area (Å²) in [4.78, 5) is 2.38. The van der Waals surface area contributed by atoms with Gasteiger partial charge in [-0.3, -0.25) is 0 Å². The lowest BCUT2D eigenvalue weighted by molar-refractivity contribution is 0.594. The van der Waals surface area contributed by atoms with Gasteiger partial charge in [-0.2, -0.15) is 0 Å². The van der Waals surface area contributed by atoms with Crippen LogP contribution >= 0.6 is 29.1 Å². The van der Waals surface area contributed by atoms with Gasteiger partial charge in [0.15, 0.2) is 0 Å². The topological polar surface area (TPSA) is 3.24 Å². The Morgan fingerprint density at radius 2 is 1.21 bits per heavy atom. The molecule has 4 heteroatoms. The average molecular weight is 430 g/mol. The van der Waals surface area contributed by atoms with Gasteiger partial charge in [-0.15, -0.1) is 0 Å². The van der Waals surface area contributed by atoms with Gasteiger partial charge in [0.25, 0.3) is 0 Å². The van der Waals surface area contributed by atoms with Crippen LogP contribution < -0.4 is 10.2 Å². The van der Waals surface area contributed by atoms with E-state index in [0.29, 0.717) is 0 Å². The second kappa shape index (κ2) is 9.31. The zero-order valence-corrected chi connectivity index (χ0v) is 19.0. The quantitative estimate of drug-likeness (QED) is 0.364. The van der Waals surface area contributed by atoms with Crippen molar-refractivity contribution in [2.24, 2.45) is 0 Å². The molecule has 0 N–H and O–H groups in total. The molecule has 0 fully saturated rings. The summed E-state index contributed by atoms with van der Waals surface area (Å²) in [7, 11) is 0. The molecule has 0 heterocycles. The molecule has 0 saturated carbocycles. The Labute approximate surface area is 179 Å². The van der Waals surface area contributed by atoms with E-state index < -0.39 is 6.63 Å². The highest BCUT2D eigenvalue weighted by atomic mass is 35.9. The minimum atomic E-state index is -1.28. The predicted molar refractivity (Wildman–Crippen MR) is 126 cm³/mol. The molecule has 0 unspecified atom stereocenters. The molecule has 3 aromatic rings. The molecule has 0 atom stereocenters. The number of halogens is 2. The molecule has 0 radical (unpaired) electrons. The summed E-state index contributed by atoms with van der Waals surface area (Å²) in [5.41, 5.74) is 4.84. The lowest BCUT2D eigenvalue weighted by atomic mass is 9.86. The van der Waals surface area contributed by atoms with Crippen LogP contribution in [0.5, 0.6) is 0 Å². The minimum absolute atomic E-state index is 0.0269. The van der Waals surface area contributed by atoms with Crippen LogP contribution in [0, 0.1) is 0 Å². The van der Waals surface area contributed by atoms with Crippen LogP contribution in [-0.2, 0) is 18.5 Å². The number of rotatable bonds is 6. The lowest BCUT2D eigenvalue weighted by Gasteiger charge is -2.32. The Morgan fingerprint density at radius 1 is 0.714 bits per heavy atom. The van der Waals surface area contributed by atoms with Gasteiger partial charge in [0, 0.05) is 24.1 Å². The van der Waals surface area contributed by atoms with E-state index in [9.17, 15) is 0 Å². The molecule has 0 saturated heterocycles. The van der Waals surface area contributed by atoms with Gasteiger partial charge >= 0.3 is 0 Å². The Morgan fingerprint density at radius 3 is 1.64 bits per heavy atom. The molecular weight excluding hydrogens is 404 g/mol. The van der Waals surface area contributed by atoms with Gasteiger partial charge in [0.05, 0.1) is 0 Å². The van der Waals surface area contributed by atoms with Crippen molar-refractivity contribution in [1.29, 1.82) is 0 Å². The van der Waals surface area contributed by atoms with Crippen molar-refractivity contribution in [3.05, 3.63) is 95.6 Å². The lowest BCUT2D eigenvalue weighted by Crippen LogP contribution is -2.30. The molecule has 0 spiro atoms. The van der Waals surface area contributed by atoms with Crippen molar-refractivity contribution < 1.29 is 0 Å². The highest BCUT2D eigenvalue weighted by molar-refractivity contribution is 8.09. The fraction of sp³-hybridized carbons (Fsp3) is 0.250. The van der Waals surface area contributed by atoms with Crippen molar-refractivity contribution in [2.45, 2.75) is 39.3 Å². The summed E-state index contributed by atoms with van der Waals surface area (Å²) in [6, 6.07) is 27.5. The molecule has 0 aliphatic heterocycles. The maximum Gasteiger partial charge on any atom is 0.119 e. The van der Waals surface area contributed by atoms with E-state index in [2.05, 4.69) is 92.4 Å². The number of nitrogens with zero attached hydrogens (tertiary/aromatic N) is 1. The largest absolute Gasteiger partial charge is 0.362 e. The third-order valence-electron chi connectivity index (χ3n) is 4.76. The Bertz CT molecular complexity index is 848. The molecule has 3 rings (SSSR count). The van der Waals surface area contributed by atoms with E-state index in [1.54, 1.807) is 0 Å². The maximum absolute atomic E-state index is 6.57. The average Bonchev–Trinajstić information content (AvgIpc) is 2.68. The molecule has 0 aliphatic carbocycles. The molecular formula is C24H26Cl2NP. The molecule has 3 aromatic carbocycles. The zero-order valence-electron chi connectivity index (χ0n) is 16.6. The summed E-state index contributed by atoms with van der Waals surface area (Å²) in [6.45, 7) is 6.95. The van der Waals surface area contributed by atoms with Crippen LogP contribution in [0.25, 0.3) is 0 Å². The van der Waals surface area contributed by atoms with Crippen LogP contribution in [0.2, 0.25) is 0 Å². The van der Waals surface area contributed by atoms with E-state index in [1.807, 2.05) is 12.1 Å². The van der Waals surface area contributed by atoms with E-state index in [1.165, 1.54) is 16.7 Å². The molecule has 0 bridgehead atoms. The predicted octanol–water partition coefficient (Wildman–Crippen LogP) is 7.61. The monoisotopic (exact) mass is 429 g/mol. The number of hydrogen-bond acceptors (Lipinski definition) is 1. The van der Waals surface area contributed by atoms with E-state index >= 15 is 0 Å². The highest BCUT2D eigenvalue weighted by Gasteiger charge is 2.26. The molecule has 0 aliphatic rings. The van der Waals surface area contributed by atoms with E-state index in [4.69, 9.17) is 22.5 Å². The van der Waals surface area contributed by atoms with E-state index in [-0.39, 0.29) is 5.41 Å². The normalized spacial score (nSPS) is 11.6. The SMILES string of the molecule is CC(C)(C)c1cccc(N(Cc2ccccc2)Cc2ccccc2)c1P(Cl)Cl. The van der Waals surface area contributed by atoms with Gasteiger partial charge in [0.2, 0.25) is 0 Å². The van der Waals surface area contributed by atoms with Crippen LogP contribution in [0.15, 0.2) is 78.9 Å². The van der Waals surface area contributed by atoms with Crippen LogP contribution in [0.1, 0.15) is 37.5 Å². The minimum Gasteiger partial charge on any atom is -0.362 e. The van der Waals surface area contributed by atoms with Gasteiger partial charge in [-0.1, -0.05) is 116 Å². The summed E-state index contributed by atoms with van der Waals surface area (Å²) >= 11 is 13.1. The van der Waals surface area contributed by atoms with Crippen molar-refractivity contribution in [3.8, 4) is 0 Å². The number of hydrogen-bond donors (Lipinski definition) is 0. The summed E-state index contributed by atoms with van der Waals surface area (Å²) in [5.74, 6) is 0. The Balaban J connectivity index is 2.09. The second-order valence-electron chi connectivity index (χ2n) is 7.98. The number of benzene rings is 3. The molecule has 146 valence electrons. The first-order valence-corrected chi connectivity index (χ1v) is 12.6. The number of anilines is 1. The second-order valence-corrected chi connectivity index (χ2v) is 11.4. The summed E-state index contributed by atoms with van der Waals surface area (Å²) in [6.07, 6.45) is 0. The fourth-order valence-electron chi connectivity index (χ4n) is 3.40. The Hall–Kier alpha value is -1.53. The van der Waals surface area contributed by atoms with Crippen molar-refractivity contribution >= 4 is 40.1 Å². The smallest absolute Gasteiger partial charge is 0.119 e. The first kappa shape index (κ1) is 21.2. The van der Waals surface area contributed by atoms with Gasteiger partial charge in [-0.25, -0.2) is 0 Å². The summed E-state index contributed by atoms with van der Waals surface area (Å²) in [5, 5.41) is 1.07. The first-order chi connectivity index (χ1) is 13.4. The third kappa shape index (κ3) is 5.29. The zero-order chi connectivity index (χ0) is 20.1. The maximum atomic E-state index is 6.57. The fourth-order valence-corrected chi connectivity index (χ4v) is 5.45. The van der Waals surface area contributed by atoms with Crippen molar-refractivity contribution in [1.82, 2.24) is 0 Å². The van der Waals surface area contributed by atoms with Gasteiger partial charge in [0.1, 0.15) is 6.63 Å². The first-order valence-electron chi connectivity index (χ1n) is 9.44. The van der Waals surface area contributed by atoms with Crippen LogP contribution in [0.4, 0.5) is 5.69 Å². The van der Waals surface area contributed by atoms with Crippen LogP contribution in [0.3, 0.4) is 0 Å². The van der Waals surface area contributed by atoms with Crippen molar-refractivity contribution in [3.63, 3.8) is 0 Å². The molecule has 0 amide bonds. The van der Waals surface area contributed by atoms with Gasteiger partial charge in [-0.05, 0) is 28.2 Å². The van der Waals surface area contributed by atoms with Gasteiger partial charge < -0.3 is 4.90 Å². The highest BCUT2D eigenvalue weighted by Crippen LogP contribution is 2.50. The Kier molecular flexibility index (Phi) is 7.05. The summed E-state index contributed by atoms with van der Waals surface area (Å²) < 4.78 is 0. The van der Waals surface area contributed by atoms with Crippen molar-refractivity contribution in [2.75, 3.05) is 4.90 Å². The third-order valence-corrected chi connectivity index (χ3v) is 6.59. The van der Waals surface area contributed by atoms with Crippen LogP contribution in [-0.4, -0.2) is 0 Å². The standard InChI is InChI=1S/C24H26Cl2NP/c1-24(2,3)21-15-10-16-22(23(21)28(25)26)27(17-19-11-6-4-7-12-19)18-20-13-8-5-9-14-20/h4-16H,17-18H2,1-3H3. The van der Waals surface area contributed by atoms with E-state index in [0.717, 1.165) is 24.1 Å². The molecule has 0 aromatic heterocycles.